The van der Waals surface area contributed by atoms with Gasteiger partial charge in [-0.05, 0) is 36.3 Å². The quantitative estimate of drug-likeness (QED) is 0.515. The molecule has 0 aliphatic carbocycles. The molecule has 3 nitrogen and oxygen atoms in total. The third-order valence-electron chi connectivity index (χ3n) is 4.04. The molecule has 132 valence electrons. The van der Waals surface area contributed by atoms with Gasteiger partial charge in [0.25, 0.3) is 5.91 Å². The molecule has 1 heterocycles. The van der Waals surface area contributed by atoms with Crippen LogP contribution in [0.4, 0.5) is 5.69 Å². The van der Waals surface area contributed by atoms with Gasteiger partial charge in [0.1, 0.15) is 6.61 Å². The minimum Gasteiger partial charge on any atom is -0.478 e. The average Bonchev–Trinajstić information content (AvgIpc) is 2.87. The lowest BCUT2D eigenvalue weighted by Gasteiger charge is -2.15. The Morgan fingerprint density at radius 3 is 2.58 bits per heavy atom. The average molecular weight is 386 g/mol. The Morgan fingerprint density at radius 2 is 1.92 bits per heavy atom. The predicted octanol–water partition coefficient (Wildman–Crippen LogP) is 5.30. The molecule has 2 aromatic carbocycles. The van der Waals surface area contributed by atoms with Gasteiger partial charge in [0.15, 0.2) is 5.75 Å². The second-order valence-corrected chi connectivity index (χ2v) is 6.65. The van der Waals surface area contributed by atoms with Crippen LogP contribution in [0.25, 0.3) is 11.6 Å². The molecule has 1 aliphatic rings. The first-order valence-corrected chi connectivity index (χ1v) is 9.00. The number of terminal acetylenes is 1. The van der Waals surface area contributed by atoms with E-state index in [1.165, 1.54) is 0 Å². The van der Waals surface area contributed by atoms with Crippen molar-refractivity contribution >= 4 is 46.4 Å². The summed E-state index contributed by atoms with van der Waals surface area (Å²) in [5.74, 6) is 2.70. The first kappa shape index (κ1) is 18.4. The van der Waals surface area contributed by atoms with Crippen LogP contribution < -0.4 is 9.64 Å². The SMILES string of the molecule is C#CCOc1c(Cl)cc(/C=C2\C(=O)N(CCC)c3ccccc32)cc1Cl. The Bertz CT molecular complexity index is 905. The fraction of sp³-hybridized carbons (Fsp3) is 0.190. The van der Waals surface area contributed by atoms with Crippen molar-refractivity contribution in [1.29, 1.82) is 0 Å². The van der Waals surface area contributed by atoms with E-state index in [2.05, 4.69) is 5.92 Å². The maximum absolute atomic E-state index is 12.9. The third kappa shape index (κ3) is 3.44. The molecule has 0 spiro atoms. The highest BCUT2D eigenvalue weighted by Gasteiger charge is 2.31. The number of benzene rings is 2. The van der Waals surface area contributed by atoms with Gasteiger partial charge in [0.05, 0.1) is 15.7 Å². The number of hydrogen-bond acceptors (Lipinski definition) is 2. The van der Waals surface area contributed by atoms with E-state index in [0.29, 0.717) is 27.9 Å². The summed E-state index contributed by atoms with van der Waals surface area (Å²) in [6.07, 6.45) is 7.89. The number of fused-ring (bicyclic) bond motifs is 1. The number of ether oxygens (including phenoxy) is 1. The highest BCUT2D eigenvalue weighted by atomic mass is 35.5. The normalized spacial score (nSPS) is 14.5. The van der Waals surface area contributed by atoms with Crippen molar-refractivity contribution in [3.8, 4) is 18.1 Å². The zero-order valence-electron chi connectivity index (χ0n) is 14.3. The van der Waals surface area contributed by atoms with Crippen LogP contribution in [0.1, 0.15) is 24.5 Å². The lowest BCUT2D eigenvalue weighted by molar-refractivity contribution is -0.113. The number of para-hydroxylation sites is 1. The number of rotatable bonds is 5. The van der Waals surface area contributed by atoms with Crippen LogP contribution >= 0.6 is 23.2 Å². The Kier molecular flexibility index (Phi) is 5.56. The maximum atomic E-state index is 12.9. The number of hydrogen-bond donors (Lipinski definition) is 0. The van der Waals surface area contributed by atoms with Gasteiger partial charge in [-0.1, -0.05) is 54.2 Å². The zero-order valence-corrected chi connectivity index (χ0v) is 15.8. The van der Waals surface area contributed by atoms with Crippen LogP contribution in [0.15, 0.2) is 36.4 Å². The molecule has 2 aromatic rings. The van der Waals surface area contributed by atoms with E-state index in [-0.39, 0.29) is 12.5 Å². The summed E-state index contributed by atoms with van der Waals surface area (Å²) in [6, 6.07) is 11.2. The summed E-state index contributed by atoms with van der Waals surface area (Å²) in [6.45, 7) is 2.80. The van der Waals surface area contributed by atoms with Gasteiger partial charge in [0, 0.05) is 17.7 Å². The van der Waals surface area contributed by atoms with Gasteiger partial charge in [-0.2, -0.15) is 0 Å². The van der Waals surface area contributed by atoms with Crippen LogP contribution in [-0.2, 0) is 4.79 Å². The lowest BCUT2D eigenvalue weighted by Crippen LogP contribution is -2.26. The number of anilines is 1. The number of amides is 1. The molecule has 3 rings (SSSR count). The minimum atomic E-state index is -0.0204. The fourth-order valence-corrected chi connectivity index (χ4v) is 3.59. The summed E-state index contributed by atoms with van der Waals surface area (Å²) in [4.78, 5) is 14.7. The number of carbonyl (C=O) groups excluding carboxylic acids is 1. The Labute approximate surface area is 163 Å². The van der Waals surface area contributed by atoms with Crippen molar-refractivity contribution in [3.05, 3.63) is 57.6 Å². The van der Waals surface area contributed by atoms with Crippen molar-refractivity contribution in [2.24, 2.45) is 0 Å². The molecule has 0 bridgehead atoms. The molecule has 0 aromatic heterocycles. The summed E-state index contributed by atoms with van der Waals surface area (Å²) < 4.78 is 5.37. The van der Waals surface area contributed by atoms with Crippen LogP contribution in [-0.4, -0.2) is 19.1 Å². The Balaban J connectivity index is 2.03. The molecule has 1 amide bonds. The largest absolute Gasteiger partial charge is 0.478 e. The fourth-order valence-electron chi connectivity index (χ4n) is 2.97. The van der Waals surface area contributed by atoms with Crippen LogP contribution in [0.5, 0.6) is 5.75 Å². The molecule has 0 saturated carbocycles. The standard InChI is InChI=1S/C21H17Cl2NO2/c1-3-9-24-19-8-6-5-7-15(19)16(21(24)25)11-14-12-17(22)20(18(23)13-14)26-10-4-2/h2,5-8,11-13H,3,9-10H2,1H3/b16-11-. The van der Waals surface area contributed by atoms with E-state index in [4.69, 9.17) is 34.4 Å². The van der Waals surface area contributed by atoms with Crippen LogP contribution in [0.2, 0.25) is 10.0 Å². The Morgan fingerprint density at radius 1 is 1.23 bits per heavy atom. The van der Waals surface area contributed by atoms with E-state index in [0.717, 1.165) is 23.2 Å². The van der Waals surface area contributed by atoms with E-state index < -0.39 is 0 Å². The molecule has 0 radical (unpaired) electrons. The topological polar surface area (TPSA) is 29.5 Å². The molecular weight excluding hydrogens is 369 g/mol. The van der Waals surface area contributed by atoms with Crippen molar-refractivity contribution in [3.63, 3.8) is 0 Å². The van der Waals surface area contributed by atoms with Crippen LogP contribution in [0, 0.1) is 12.3 Å². The maximum Gasteiger partial charge on any atom is 0.258 e. The van der Waals surface area contributed by atoms with Crippen molar-refractivity contribution < 1.29 is 9.53 Å². The first-order chi connectivity index (χ1) is 12.6. The molecule has 0 saturated heterocycles. The minimum absolute atomic E-state index is 0.0204. The van der Waals surface area contributed by atoms with Crippen molar-refractivity contribution in [2.75, 3.05) is 18.1 Å². The molecule has 0 atom stereocenters. The molecule has 0 fully saturated rings. The summed E-state index contributed by atoms with van der Waals surface area (Å²) in [7, 11) is 0. The number of halogens is 2. The monoisotopic (exact) mass is 385 g/mol. The van der Waals surface area contributed by atoms with Gasteiger partial charge in [-0.3, -0.25) is 4.79 Å². The zero-order chi connectivity index (χ0) is 18.7. The summed E-state index contributed by atoms with van der Waals surface area (Å²) >= 11 is 12.5. The highest BCUT2D eigenvalue weighted by molar-refractivity contribution is 6.38. The van der Waals surface area contributed by atoms with Gasteiger partial charge in [-0.15, -0.1) is 6.42 Å². The van der Waals surface area contributed by atoms with E-state index in [1.54, 1.807) is 23.1 Å². The lowest BCUT2D eigenvalue weighted by atomic mass is 10.0. The smallest absolute Gasteiger partial charge is 0.258 e. The van der Waals surface area contributed by atoms with Crippen molar-refractivity contribution in [2.45, 2.75) is 13.3 Å². The highest BCUT2D eigenvalue weighted by Crippen LogP contribution is 2.39. The molecule has 26 heavy (non-hydrogen) atoms. The molecular formula is C21H17Cl2NO2. The summed E-state index contributed by atoms with van der Waals surface area (Å²) in [5.41, 5.74) is 3.19. The summed E-state index contributed by atoms with van der Waals surface area (Å²) in [5, 5.41) is 0.701. The molecule has 1 aliphatic heterocycles. The van der Waals surface area contributed by atoms with Crippen molar-refractivity contribution in [1.82, 2.24) is 0 Å². The second kappa shape index (κ2) is 7.86. The Hall–Kier alpha value is -2.41. The molecule has 5 heteroatoms. The van der Waals surface area contributed by atoms with Gasteiger partial charge in [-0.25, -0.2) is 0 Å². The predicted molar refractivity (Wildman–Crippen MR) is 108 cm³/mol. The van der Waals surface area contributed by atoms with Gasteiger partial charge >= 0.3 is 0 Å². The third-order valence-corrected chi connectivity index (χ3v) is 4.60. The number of carbonyl (C=O) groups is 1. The van der Waals surface area contributed by atoms with E-state index in [1.807, 2.05) is 31.2 Å². The van der Waals surface area contributed by atoms with Gasteiger partial charge in [0.2, 0.25) is 0 Å². The van der Waals surface area contributed by atoms with E-state index >= 15 is 0 Å². The number of nitrogens with zero attached hydrogens (tertiary/aromatic N) is 1. The molecule has 0 N–H and O–H groups in total. The van der Waals surface area contributed by atoms with Crippen LogP contribution in [0.3, 0.4) is 0 Å². The van der Waals surface area contributed by atoms with E-state index in [9.17, 15) is 4.79 Å². The van der Waals surface area contributed by atoms with Gasteiger partial charge < -0.3 is 9.64 Å². The molecule has 0 unspecified atom stereocenters. The second-order valence-electron chi connectivity index (χ2n) is 5.84. The first-order valence-electron chi connectivity index (χ1n) is 8.25.